The number of nitrogens with one attached hydrogen (secondary N) is 1. The number of amides is 1. The van der Waals surface area contributed by atoms with E-state index in [1.807, 2.05) is 0 Å². The number of ether oxygens (including phenoxy) is 1. The highest BCUT2D eigenvalue weighted by atomic mass is 32.2. The molecule has 1 saturated heterocycles. The summed E-state index contributed by atoms with van der Waals surface area (Å²) in [6.45, 7) is 0.710. The summed E-state index contributed by atoms with van der Waals surface area (Å²) < 4.78 is 61.4. The van der Waals surface area contributed by atoms with Gasteiger partial charge in [-0.25, -0.2) is 4.39 Å². The number of thioether (sulfide) groups is 1. The lowest BCUT2D eigenvalue weighted by Gasteiger charge is -2.14. The Morgan fingerprint density at radius 1 is 1.15 bits per heavy atom. The molecule has 1 aromatic heterocycles. The van der Waals surface area contributed by atoms with Crippen LogP contribution >= 0.6 is 11.8 Å². The van der Waals surface area contributed by atoms with Crippen molar-refractivity contribution in [3.63, 3.8) is 0 Å². The van der Waals surface area contributed by atoms with Crippen molar-refractivity contribution in [1.29, 1.82) is 0 Å². The predicted octanol–water partition coefficient (Wildman–Crippen LogP) is 4.67. The minimum atomic E-state index is -4.64. The van der Waals surface area contributed by atoms with Gasteiger partial charge < -0.3 is 10.1 Å². The number of hydrogen-bond donors (Lipinski definition) is 1. The largest absolute Gasteiger partial charge is 0.417 e. The topological polar surface area (TPSA) is 69.0 Å². The summed E-state index contributed by atoms with van der Waals surface area (Å²) in [6, 6.07) is 10.8. The molecule has 3 aromatic rings. The van der Waals surface area contributed by atoms with Gasteiger partial charge in [-0.05, 0) is 37.1 Å². The van der Waals surface area contributed by atoms with E-state index in [2.05, 4.69) is 15.5 Å². The summed E-state index contributed by atoms with van der Waals surface area (Å²) in [6.07, 6.45) is -2.48. The Labute approximate surface area is 197 Å². The van der Waals surface area contributed by atoms with Crippen LogP contribution in [0.4, 0.5) is 17.6 Å². The number of nitrogens with zero attached hydrogens (tertiary/aromatic N) is 3. The van der Waals surface area contributed by atoms with Gasteiger partial charge in [-0.2, -0.15) is 13.2 Å². The predicted molar refractivity (Wildman–Crippen MR) is 118 cm³/mol. The van der Waals surface area contributed by atoms with E-state index in [9.17, 15) is 22.4 Å². The van der Waals surface area contributed by atoms with Gasteiger partial charge in [-0.1, -0.05) is 36.0 Å². The summed E-state index contributed by atoms with van der Waals surface area (Å²) in [5.74, 6) is -0.301. The highest BCUT2D eigenvalue weighted by Gasteiger charge is 2.34. The molecule has 0 saturated carbocycles. The second-order valence-electron chi connectivity index (χ2n) is 7.68. The smallest absolute Gasteiger partial charge is 0.377 e. The van der Waals surface area contributed by atoms with Crippen LogP contribution in [0.15, 0.2) is 53.7 Å². The Kier molecular flexibility index (Phi) is 7.52. The maximum Gasteiger partial charge on any atom is 0.417 e. The maximum atomic E-state index is 14.6. The number of benzene rings is 2. The molecule has 1 N–H and O–H groups in total. The average Bonchev–Trinajstić information content (AvgIpc) is 3.47. The van der Waals surface area contributed by atoms with Gasteiger partial charge in [-0.3, -0.25) is 9.36 Å². The first-order valence-electron chi connectivity index (χ1n) is 10.7. The van der Waals surface area contributed by atoms with Crippen LogP contribution in [0.2, 0.25) is 0 Å². The van der Waals surface area contributed by atoms with E-state index in [-0.39, 0.29) is 24.8 Å². The molecule has 1 atom stereocenters. The third-order valence-corrected chi connectivity index (χ3v) is 6.39. The van der Waals surface area contributed by atoms with Gasteiger partial charge in [0.15, 0.2) is 5.16 Å². The summed E-state index contributed by atoms with van der Waals surface area (Å²) >= 11 is 1.40. The van der Waals surface area contributed by atoms with E-state index in [4.69, 9.17) is 4.74 Å². The van der Waals surface area contributed by atoms with Gasteiger partial charge in [-0.15, -0.1) is 10.2 Å². The van der Waals surface area contributed by atoms with Crippen molar-refractivity contribution in [2.75, 3.05) is 18.9 Å². The molecule has 0 bridgehead atoms. The third kappa shape index (κ3) is 5.58. The van der Waals surface area contributed by atoms with Crippen molar-refractivity contribution < 1.29 is 27.1 Å². The van der Waals surface area contributed by atoms with E-state index in [0.29, 0.717) is 23.3 Å². The van der Waals surface area contributed by atoms with Crippen LogP contribution < -0.4 is 5.32 Å². The van der Waals surface area contributed by atoms with Crippen molar-refractivity contribution in [2.24, 2.45) is 0 Å². The fraction of sp³-hybridized carbons (Fsp3) is 0.348. The number of para-hydroxylation sites is 1. The van der Waals surface area contributed by atoms with Crippen LogP contribution in [0.25, 0.3) is 5.69 Å². The van der Waals surface area contributed by atoms with Crippen LogP contribution in [0, 0.1) is 5.82 Å². The summed E-state index contributed by atoms with van der Waals surface area (Å²) in [5, 5.41) is 11.3. The van der Waals surface area contributed by atoms with Gasteiger partial charge in [0, 0.05) is 25.3 Å². The number of alkyl halides is 3. The zero-order chi connectivity index (χ0) is 24.1. The lowest BCUT2D eigenvalue weighted by Crippen LogP contribution is -2.28. The van der Waals surface area contributed by atoms with Crippen molar-refractivity contribution in [1.82, 2.24) is 20.1 Å². The number of aromatic nitrogens is 3. The molecule has 34 heavy (non-hydrogen) atoms. The van der Waals surface area contributed by atoms with Gasteiger partial charge in [0.25, 0.3) is 5.91 Å². The zero-order valence-electron chi connectivity index (χ0n) is 18.0. The lowest BCUT2D eigenvalue weighted by atomic mass is 10.1. The number of hydrogen-bond acceptors (Lipinski definition) is 5. The van der Waals surface area contributed by atoms with E-state index < -0.39 is 29.0 Å². The quantitative estimate of drug-likeness (QED) is 0.364. The number of carbonyl (C=O) groups is 1. The monoisotopic (exact) mass is 494 g/mol. The van der Waals surface area contributed by atoms with Crippen LogP contribution in [0.5, 0.6) is 0 Å². The third-order valence-electron chi connectivity index (χ3n) is 5.33. The van der Waals surface area contributed by atoms with Gasteiger partial charge in [0.2, 0.25) is 0 Å². The van der Waals surface area contributed by atoms with Crippen LogP contribution in [-0.4, -0.2) is 45.7 Å². The SMILES string of the molecule is O=C(NCCc1nnc(SC[C@@H]2CCCO2)n1-c1ccccc1F)c1ccccc1C(F)(F)F. The van der Waals surface area contributed by atoms with Crippen LogP contribution in [0.1, 0.15) is 34.6 Å². The minimum absolute atomic E-state index is 0.00594. The van der Waals surface area contributed by atoms with E-state index in [1.165, 1.54) is 30.0 Å². The molecule has 1 fully saturated rings. The first-order valence-corrected chi connectivity index (χ1v) is 11.7. The average molecular weight is 495 g/mol. The fourth-order valence-corrected chi connectivity index (χ4v) is 4.71. The first kappa shape index (κ1) is 24.2. The van der Waals surface area contributed by atoms with Crippen molar-refractivity contribution in [3.8, 4) is 5.69 Å². The van der Waals surface area contributed by atoms with Crippen LogP contribution in [-0.2, 0) is 17.3 Å². The Hall–Kier alpha value is -2.92. The van der Waals surface area contributed by atoms with Crippen molar-refractivity contribution >= 4 is 17.7 Å². The molecular formula is C23H22F4N4O2S. The minimum Gasteiger partial charge on any atom is -0.377 e. The summed E-state index contributed by atoms with van der Waals surface area (Å²) in [4.78, 5) is 12.4. The number of halogens is 4. The highest BCUT2D eigenvalue weighted by molar-refractivity contribution is 7.99. The number of carbonyl (C=O) groups excluding carboxylic acids is 1. The molecule has 2 heterocycles. The molecule has 180 valence electrons. The summed E-state index contributed by atoms with van der Waals surface area (Å²) in [5.41, 5.74) is -1.21. The van der Waals surface area contributed by atoms with E-state index >= 15 is 0 Å². The Bertz CT molecular complexity index is 1150. The molecule has 4 rings (SSSR count). The van der Waals surface area contributed by atoms with Gasteiger partial charge in [0.05, 0.1) is 22.9 Å². The molecule has 2 aromatic carbocycles. The molecule has 1 amide bonds. The standard InChI is InChI=1S/C23H22F4N4O2S/c24-18-9-3-4-10-19(18)31-20(29-30-22(31)34-14-15-6-5-13-33-15)11-12-28-21(32)16-7-1-2-8-17(16)23(25,26)27/h1-4,7-10,15H,5-6,11-14H2,(H,28,32)/t15-/m0/s1. The molecule has 0 unspecified atom stereocenters. The van der Waals surface area contributed by atoms with E-state index in [0.717, 1.165) is 25.0 Å². The Morgan fingerprint density at radius 3 is 2.65 bits per heavy atom. The molecule has 6 nitrogen and oxygen atoms in total. The Morgan fingerprint density at radius 2 is 1.91 bits per heavy atom. The van der Waals surface area contributed by atoms with Crippen LogP contribution in [0.3, 0.4) is 0 Å². The molecule has 0 aliphatic carbocycles. The molecule has 1 aliphatic heterocycles. The maximum absolute atomic E-state index is 14.6. The molecule has 1 aliphatic rings. The number of rotatable bonds is 8. The summed E-state index contributed by atoms with van der Waals surface area (Å²) in [7, 11) is 0. The van der Waals surface area contributed by atoms with Crippen molar-refractivity contribution in [3.05, 3.63) is 71.3 Å². The lowest BCUT2D eigenvalue weighted by molar-refractivity contribution is -0.137. The van der Waals surface area contributed by atoms with Crippen molar-refractivity contribution in [2.45, 2.75) is 36.7 Å². The van der Waals surface area contributed by atoms with Gasteiger partial charge in [0.1, 0.15) is 11.6 Å². The molecular weight excluding hydrogens is 472 g/mol. The fourth-order valence-electron chi connectivity index (χ4n) is 3.69. The first-order chi connectivity index (χ1) is 16.3. The molecule has 0 radical (unpaired) electrons. The van der Waals surface area contributed by atoms with Gasteiger partial charge >= 0.3 is 6.18 Å². The highest BCUT2D eigenvalue weighted by Crippen LogP contribution is 2.32. The zero-order valence-corrected chi connectivity index (χ0v) is 18.8. The normalized spacial score (nSPS) is 16.1. The molecule has 0 spiro atoms. The Balaban J connectivity index is 1.50. The second-order valence-corrected chi connectivity index (χ2v) is 8.67. The second kappa shape index (κ2) is 10.6. The van der Waals surface area contributed by atoms with E-state index in [1.54, 1.807) is 22.8 Å². The molecule has 11 heteroatoms.